The molecule has 4 aliphatic carbocycles. The fourth-order valence-corrected chi connectivity index (χ4v) is 8.72. The third kappa shape index (κ3) is 3.20. The van der Waals surface area contributed by atoms with E-state index in [1.807, 2.05) is 24.7 Å². The zero-order valence-electron chi connectivity index (χ0n) is 22.4. The van der Waals surface area contributed by atoms with Crippen LogP contribution in [-0.4, -0.2) is 38.0 Å². The highest BCUT2D eigenvalue weighted by Gasteiger charge is 2.81. The maximum atomic E-state index is 14.1. The number of nitrogens with zero attached hydrogens (tertiary/aromatic N) is 4. The first kappa shape index (κ1) is 23.5. The quantitative estimate of drug-likeness (QED) is 0.574. The van der Waals surface area contributed by atoms with Crippen LogP contribution in [0.4, 0.5) is 5.82 Å². The Morgan fingerprint density at radius 1 is 1.05 bits per heavy atom. The molecule has 5 aliphatic rings. The van der Waals surface area contributed by atoms with Crippen LogP contribution in [0.1, 0.15) is 86.0 Å². The monoisotopic (exact) mass is 503 g/mol. The largest absolute Gasteiger partial charge is 0.373 e. The lowest BCUT2D eigenvalue weighted by Crippen LogP contribution is -2.82. The van der Waals surface area contributed by atoms with Crippen LogP contribution in [0.25, 0.3) is 0 Å². The first-order chi connectivity index (χ1) is 17.7. The summed E-state index contributed by atoms with van der Waals surface area (Å²) in [4.78, 5) is 37.0. The Balaban J connectivity index is 1.12. The maximum Gasteiger partial charge on any atom is 0.228 e. The molecule has 6 atom stereocenters. The lowest BCUT2D eigenvalue weighted by molar-refractivity contribution is -0.348. The fourth-order valence-electron chi connectivity index (χ4n) is 8.72. The predicted molar refractivity (Wildman–Crippen MR) is 137 cm³/mol. The topological polar surface area (TPSA) is 99.0 Å². The molecule has 7 rings (SSSR count). The van der Waals surface area contributed by atoms with Crippen LogP contribution in [0.5, 0.6) is 0 Å². The summed E-state index contributed by atoms with van der Waals surface area (Å²) in [6.45, 7) is 11.0. The van der Waals surface area contributed by atoms with Gasteiger partial charge in [-0.2, -0.15) is 5.10 Å². The molecule has 1 amide bonds. The van der Waals surface area contributed by atoms with Gasteiger partial charge in [0, 0.05) is 29.7 Å². The van der Waals surface area contributed by atoms with Crippen molar-refractivity contribution in [2.75, 3.05) is 11.9 Å². The number of aryl methyl sites for hydroxylation is 2. The van der Waals surface area contributed by atoms with E-state index >= 15 is 0 Å². The minimum Gasteiger partial charge on any atom is -0.373 e. The van der Waals surface area contributed by atoms with Crippen LogP contribution in [0.15, 0.2) is 12.4 Å². The molecule has 1 N–H and O–H groups in total. The van der Waals surface area contributed by atoms with E-state index in [0.717, 1.165) is 22.9 Å². The Bertz CT molecular complexity index is 1270. The Hall–Kier alpha value is -2.61. The number of carbonyl (C=O) groups excluding carboxylic acids is 2. The lowest BCUT2D eigenvalue weighted by Gasteiger charge is -2.83. The van der Waals surface area contributed by atoms with Gasteiger partial charge >= 0.3 is 0 Å². The van der Waals surface area contributed by atoms with Crippen molar-refractivity contribution >= 4 is 17.5 Å². The van der Waals surface area contributed by atoms with E-state index in [1.54, 1.807) is 0 Å². The number of nitrogens with one attached hydrogen (secondary N) is 1. The van der Waals surface area contributed by atoms with E-state index in [2.05, 4.69) is 42.4 Å². The van der Waals surface area contributed by atoms with E-state index in [1.165, 1.54) is 12.8 Å². The second-order valence-corrected chi connectivity index (χ2v) is 12.7. The summed E-state index contributed by atoms with van der Waals surface area (Å²) in [5.74, 6) is 3.49. The van der Waals surface area contributed by atoms with Gasteiger partial charge in [0.25, 0.3) is 0 Å². The highest BCUT2D eigenvalue weighted by molar-refractivity contribution is 6.06. The summed E-state index contributed by atoms with van der Waals surface area (Å²) in [6, 6.07) is 0.514. The number of ether oxygens (including phenoxy) is 1. The van der Waals surface area contributed by atoms with Crippen molar-refractivity contribution in [3.8, 4) is 0 Å². The second kappa shape index (κ2) is 7.95. The number of rotatable bonds is 6. The molecule has 8 nitrogen and oxygen atoms in total. The van der Waals surface area contributed by atoms with Crippen molar-refractivity contribution in [1.29, 1.82) is 0 Å². The first-order valence-electron chi connectivity index (χ1n) is 14.1. The zero-order valence-corrected chi connectivity index (χ0v) is 22.4. The molecule has 1 aliphatic heterocycles. The second-order valence-electron chi connectivity index (χ2n) is 12.7. The highest BCUT2D eigenvalue weighted by Crippen LogP contribution is 2.82. The van der Waals surface area contributed by atoms with Crippen LogP contribution < -0.4 is 5.32 Å². The molecule has 4 saturated carbocycles. The van der Waals surface area contributed by atoms with Gasteiger partial charge in [0.15, 0.2) is 11.6 Å². The molecule has 0 bridgehead atoms. The van der Waals surface area contributed by atoms with Crippen LogP contribution in [0, 0.1) is 60.7 Å². The van der Waals surface area contributed by atoms with E-state index in [0.29, 0.717) is 66.6 Å². The molecule has 0 radical (unpaired) electrons. The normalized spacial score (nSPS) is 39.6. The van der Waals surface area contributed by atoms with Crippen molar-refractivity contribution in [2.24, 2.45) is 46.8 Å². The molecule has 5 fully saturated rings. The molecule has 8 heteroatoms. The van der Waals surface area contributed by atoms with E-state index in [4.69, 9.17) is 9.72 Å². The zero-order chi connectivity index (χ0) is 25.8. The standard InChI is InChI=1S/C29H37N5O3/c1-13-21-14(2)24-22(21)23(13)29(24,5)26(35)25-27(32-16(4)15(3)31-25)33-28(36)17-8-9-37-20(10-17)18-11-30-34(12-18)19-6-7-19/h11-14,17,19-24H,6-10H2,1-5H3,(H,32,33,36). The third-order valence-electron chi connectivity index (χ3n) is 10.8. The number of hydrogen-bond donors (Lipinski definition) is 1. The lowest BCUT2D eigenvalue weighted by atomic mass is 9.20. The number of Topliss-reactive ketones (excluding diaryl/α,β-unsaturated/α-hetero) is 1. The summed E-state index contributed by atoms with van der Waals surface area (Å²) in [7, 11) is 0. The number of ketones is 1. The highest BCUT2D eigenvalue weighted by atomic mass is 16.5. The molecule has 2 aromatic heterocycles. The predicted octanol–water partition coefficient (Wildman–Crippen LogP) is 4.70. The van der Waals surface area contributed by atoms with Gasteiger partial charge in [0.05, 0.1) is 29.7 Å². The number of aromatic nitrogens is 4. The number of carbonyl (C=O) groups is 2. The molecule has 6 unspecified atom stereocenters. The van der Waals surface area contributed by atoms with E-state index in [-0.39, 0.29) is 23.7 Å². The number of amides is 1. The van der Waals surface area contributed by atoms with Crippen LogP contribution in [0.3, 0.4) is 0 Å². The molecule has 0 aromatic carbocycles. The van der Waals surface area contributed by atoms with Crippen molar-refractivity contribution in [3.63, 3.8) is 0 Å². The Labute approximate surface area is 218 Å². The summed E-state index contributed by atoms with van der Waals surface area (Å²) in [6.07, 6.45) is 7.36. The molecule has 196 valence electrons. The Morgan fingerprint density at radius 2 is 1.76 bits per heavy atom. The van der Waals surface area contributed by atoms with Gasteiger partial charge in [-0.05, 0) is 75.0 Å². The van der Waals surface area contributed by atoms with Crippen molar-refractivity contribution in [3.05, 3.63) is 35.0 Å². The smallest absolute Gasteiger partial charge is 0.228 e. The van der Waals surface area contributed by atoms with Gasteiger partial charge in [-0.1, -0.05) is 20.8 Å². The van der Waals surface area contributed by atoms with Gasteiger partial charge in [-0.25, -0.2) is 9.97 Å². The van der Waals surface area contributed by atoms with Gasteiger partial charge in [0.2, 0.25) is 5.91 Å². The summed E-state index contributed by atoms with van der Waals surface area (Å²) >= 11 is 0. The van der Waals surface area contributed by atoms with E-state index in [9.17, 15) is 9.59 Å². The summed E-state index contributed by atoms with van der Waals surface area (Å²) < 4.78 is 8.04. The van der Waals surface area contributed by atoms with Gasteiger partial charge in [0.1, 0.15) is 5.69 Å². The first-order valence-corrected chi connectivity index (χ1v) is 14.1. The number of hydrogen-bond acceptors (Lipinski definition) is 6. The average molecular weight is 504 g/mol. The van der Waals surface area contributed by atoms with Gasteiger partial charge in [-0.15, -0.1) is 0 Å². The molecule has 1 saturated heterocycles. The maximum absolute atomic E-state index is 14.1. The molecule has 37 heavy (non-hydrogen) atoms. The van der Waals surface area contributed by atoms with Crippen LogP contribution in [0.2, 0.25) is 0 Å². The van der Waals surface area contributed by atoms with Crippen molar-refractivity contribution in [2.45, 2.75) is 72.4 Å². The van der Waals surface area contributed by atoms with Crippen LogP contribution >= 0.6 is 0 Å². The van der Waals surface area contributed by atoms with Crippen LogP contribution in [-0.2, 0) is 9.53 Å². The molecule has 2 aromatic rings. The minimum atomic E-state index is -0.417. The summed E-state index contributed by atoms with van der Waals surface area (Å²) in [5, 5.41) is 7.53. The van der Waals surface area contributed by atoms with Gasteiger partial charge in [-0.3, -0.25) is 14.3 Å². The molecular formula is C29H37N5O3. The molecular weight excluding hydrogens is 466 g/mol. The SMILES string of the molecule is Cc1nc(NC(=O)C2CCOC(c3cnn(C4CC4)c3)C2)c(C(=O)C2(C)C3C(C)C4C(C)C2C43)nc1C. The minimum absolute atomic E-state index is 0.0545. The number of anilines is 1. The Morgan fingerprint density at radius 3 is 2.43 bits per heavy atom. The summed E-state index contributed by atoms with van der Waals surface area (Å²) in [5.41, 5.74) is 2.41. The molecule has 3 heterocycles. The third-order valence-corrected chi connectivity index (χ3v) is 10.8. The fraction of sp³-hybridized carbons (Fsp3) is 0.690. The van der Waals surface area contributed by atoms with Crippen molar-refractivity contribution in [1.82, 2.24) is 19.7 Å². The molecule has 0 spiro atoms. The average Bonchev–Trinajstić information content (AvgIpc) is 3.60. The van der Waals surface area contributed by atoms with Crippen molar-refractivity contribution < 1.29 is 14.3 Å². The van der Waals surface area contributed by atoms with E-state index < -0.39 is 5.41 Å². The Kier molecular flexibility index (Phi) is 5.05. The van der Waals surface area contributed by atoms with Gasteiger partial charge < -0.3 is 10.1 Å².